The molecule has 72 valence electrons. The Hall–Kier alpha value is -1.41. The molecule has 2 rings (SSSR count). The van der Waals surface area contributed by atoms with Crippen molar-refractivity contribution < 1.29 is 9.90 Å². The number of carbonyl (C=O) groups is 1. The van der Waals surface area contributed by atoms with Gasteiger partial charge in [0.05, 0.1) is 0 Å². The standard InChI is InChI=1S/C12H12O2/c1-2-12(14)8-7-11(13)9-5-3-4-6-10(9)12/h2-6,14H,1,7-8H2. The number of hydrogen-bond donors (Lipinski definition) is 1. The Bertz CT molecular complexity index is 395. The van der Waals surface area contributed by atoms with Crippen LogP contribution in [0.5, 0.6) is 0 Å². The van der Waals surface area contributed by atoms with Gasteiger partial charge in [-0.3, -0.25) is 4.79 Å². The average molecular weight is 188 g/mol. The third-order valence-electron chi connectivity index (χ3n) is 2.76. The van der Waals surface area contributed by atoms with E-state index in [1.807, 2.05) is 12.1 Å². The molecule has 0 amide bonds. The maximum Gasteiger partial charge on any atom is 0.163 e. The first kappa shape index (κ1) is 9.16. The van der Waals surface area contributed by atoms with Gasteiger partial charge in [0.1, 0.15) is 5.60 Å². The highest BCUT2D eigenvalue weighted by Crippen LogP contribution is 2.35. The second kappa shape index (κ2) is 3.07. The van der Waals surface area contributed by atoms with Crippen LogP contribution in [0, 0.1) is 0 Å². The molecule has 1 aromatic carbocycles. The van der Waals surface area contributed by atoms with Crippen LogP contribution in [0.2, 0.25) is 0 Å². The summed E-state index contributed by atoms with van der Waals surface area (Å²) in [5.74, 6) is 0.104. The highest BCUT2D eigenvalue weighted by Gasteiger charge is 2.34. The minimum Gasteiger partial charge on any atom is -0.381 e. The number of Topliss-reactive ketones (excluding diaryl/α,β-unsaturated/α-hetero) is 1. The predicted octanol–water partition coefficient (Wildman–Crippen LogP) is 2.04. The Balaban J connectivity index is 2.63. The van der Waals surface area contributed by atoms with Crippen molar-refractivity contribution in [2.75, 3.05) is 0 Å². The fraction of sp³-hybridized carbons (Fsp3) is 0.250. The fourth-order valence-corrected chi connectivity index (χ4v) is 1.89. The molecule has 1 aliphatic carbocycles. The Kier molecular flexibility index (Phi) is 2.01. The SMILES string of the molecule is C=CC1(O)CCC(=O)c2ccccc21. The summed E-state index contributed by atoms with van der Waals surface area (Å²) >= 11 is 0. The molecule has 0 saturated carbocycles. The molecule has 0 radical (unpaired) electrons. The highest BCUT2D eigenvalue weighted by atomic mass is 16.3. The molecule has 0 bridgehead atoms. The van der Waals surface area contributed by atoms with Gasteiger partial charge in [-0.2, -0.15) is 0 Å². The first-order valence-electron chi connectivity index (χ1n) is 4.66. The van der Waals surface area contributed by atoms with E-state index in [0.717, 1.165) is 0 Å². The summed E-state index contributed by atoms with van der Waals surface area (Å²) < 4.78 is 0. The molecule has 14 heavy (non-hydrogen) atoms. The van der Waals surface area contributed by atoms with E-state index in [4.69, 9.17) is 0 Å². The Morgan fingerprint density at radius 1 is 1.43 bits per heavy atom. The summed E-state index contributed by atoms with van der Waals surface area (Å²) in [5.41, 5.74) is 0.289. The van der Waals surface area contributed by atoms with Gasteiger partial charge >= 0.3 is 0 Å². The normalized spacial score (nSPS) is 25.6. The second-order valence-corrected chi connectivity index (χ2v) is 3.60. The lowest BCUT2D eigenvalue weighted by atomic mass is 9.79. The molecule has 1 aliphatic rings. The third kappa shape index (κ3) is 1.19. The van der Waals surface area contributed by atoms with Gasteiger partial charge in [0.15, 0.2) is 5.78 Å². The molecule has 1 N–H and O–H groups in total. The summed E-state index contributed by atoms with van der Waals surface area (Å²) in [6.45, 7) is 3.62. The summed E-state index contributed by atoms with van der Waals surface area (Å²) in [6, 6.07) is 7.18. The maximum absolute atomic E-state index is 11.5. The molecule has 0 spiro atoms. The molecule has 2 nitrogen and oxygen atoms in total. The number of benzene rings is 1. The topological polar surface area (TPSA) is 37.3 Å². The summed E-state index contributed by atoms with van der Waals surface area (Å²) in [6.07, 6.45) is 2.34. The number of rotatable bonds is 1. The Morgan fingerprint density at radius 3 is 2.86 bits per heavy atom. The van der Waals surface area contributed by atoms with Crippen molar-refractivity contribution in [3.63, 3.8) is 0 Å². The molecule has 1 unspecified atom stereocenters. The van der Waals surface area contributed by atoms with E-state index < -0.39 is 5.60 Å². The van der Waals surface area contributed by atoms with Gasteiger partial charge in [0.2, 0.25) is 0 Å². The molecular formula is C12H12O2. The lowest BCUT2D eigenvalue weighted by Gasteiger charge is -2.30. The van der Waals surface area contributed by atoms with Gasteiger partial charge in [-0.15, -0.1) is 0 Å². The lowest BCUT2D eigenvalue weighted by Crippen LogP contribution is -2.30. The average Bonchev–Trinajstić information content (AvgIpc) is 2.24. The Morgan fingerprint density at radius 2 is 2.14 bits per heavy atom. The summed E-state index contributed by atoms with van der Waals surface area (Å²) in [5, 5.41) is 10.2. The number of fused-ring (bicyclic) bond motifs is 1. The number of aliphatic hydroxyl groups is 1. The third-order valence-corrected chi connectivity index (χ3v) is 2.76. The van der Waals surface area contributed by atoms with Crippen molar-refractivity contribution in [2.24, 2.45) is 0 Å². The molecule has 2 heteroatoms. The molecule has 0 saturated heterocycles. The Labute approximate surface area is 82.9 Å². The van der Waals surface area contributed by atoms with E-state index in [-0.39, 0.29) is 5.78 Å². The van der Waals surface area contributed by atoms with Crippen LogP contribution in [-0.2, 0) is 5.60 Å². The van der Waals surface area contributed by atoms with Gasteiger partial charge in [0, 0.05) is 12.0 Å². The molecule has 1 atom stereocenters. The van der Waals surface area contributed by atoms with Crippen molar-refractivity contribution >= 4 is 5.78 Å². The molecule has 1 aromatic rings. The van der Waals surface area contributed by atoms with Crippen molar-refractivity contribution in [3.8, 4) is 0 Å². The quantitative estimate of drug-likeness (QED) is 0.685. The van der Waals surface area contributed by atoms with E-state index in [1.165, 1.54) is 6.08 Å². The van der Waals surface area contributed by atoms with Gasteiger partial charge in [-0.1, -0.05) is 36.9 Å². The largest absolute Gasteiger partial charge is 0.381 e. The summed E-state index contributed by atoms with van der Waals surface area (Å²) in [7, 11) is 0. The van der Waals surface area contributed by atoms with Gasteiger partial charge < -0.3 is 5.11 Å². The van der Waals surface area contributed by atoms with Gasteiger partial charge in [-0.25, -0.2) is 0 Å². The number of carbonyl (C=O) groups excluding carboxylic acids is 1. The molecule has 0 fully saturated rings. The van der Waals surface area contributed by atoms with Crippen LogP contribution in [0.4, 0.5) is 0 Å². The van der Waals surface area contributed by atoms with Crippen LogP contribution >= 0.6 is 0 Å². The van der Waals surface area contributed by atoms with Crippen molar-refractivity contribution in [3.05, 3.63) is 48.0 Å². The van der Waals surface area contributed by atoms with Gasteiger partial charge in [-0.05, 0) is 12.0 Å². The molecular weight excluding hydrogens is 176 g/mol. The smallest absolute Gasteiger partial charge is 0.163 e. The first-order chi connectivity index (χ1) is 6.67. The zero-order valence-electron chi connectivity index (χ0n) is 7.86. The minimum atomic E-state index is -1.02. The molecule has 0 aromatic heterocycles. The van der Waals surface area contributed by atoms with E-state index in [0.29, 0.717) is 24.0 Å². The van der Waals surface area contributed by atoms with Crippen LogP contribution in [0.15, 0.2) is 36.9 Å². The monoisotopic (exact) mass is 188 g/mol. The van der Waals surface area contributed by atoms with Crippen LogP contribution in [-0.4, -0.2) is 10.9 Å². The predicted molar refractivity (Wildman–Crippen MR) is 54.1 cm³/mol. The van der Waals surface area contributed by atoms with E-state index >= 15 is 0 Å². The van der Waals surface area contributed by atoms with E-state index in [1.54, 1.807) is 12.1 Å². The summed E-state index contributed by atoms with van der Waals surface area (Å²) in [4.78, 5) is 11.5. The number of ketones is 1. The van der Waals surface area contributed by atoms with Crippen LogP contribution < -0.4 is 0 Å². The highest BCUT2D eigenvalue weighted by molar-refractivity contribution is 5.99. The van der Waals surface area contributed by atoms with Crippen molar-refractivity contribution in [1.82, 2.24) is 0 Å². The lowest BCUT2D eigenvalue weighted by molar-refractivity contribution is 0.0609. The van der Waals surface area contributed by atoms with Crippen LogP contribution in [0.1, 0.15) is 28.8 Å². The zero-order valence-corrected chi connectivity index (χ0v) is 7.86. The number of hydrogen-bond acceptors (Lipinski definition) is 2. The minimum absolute atomic E-state index is 0.104. The fourth-order valence-electron chi connectivity index (χ4n) is 1.89. The molecule has 0 heterocycles. The van der Waals surface area contributed by atoms with E-state index in [9.17, 15) is 9.90 Å². The van der Waals surface area contributed by atoms with E-state index in [2.05, 4.69) is 6.58 Å². The first-order valence-corrected chi connectivity index (χ1v) is 4.66. The zero-order chi connectivity index (χ0) is 10.2. The second-order valence-electron chi connectivity index (χ2n) is 3.60. The van der Waals surface area contributed by atoms with Crippen LogP contribution in [0.3, 0.4) is 0 Å². The maximum atomic E-state index is 11.5. The molecule has 0 aliphatic heterocycles. The van der Waals surface area contributed by atoms with Crippen molar-refractivity contribution in [2.45, 2.75) is 18.4 Å². The van der Waals surface area contributed by atoms with Gasteiger partial charge in [0.25, 0.3) is 0 Å². The van der Waals surface area contributed by atoms with Crippen LogP contribution in [0.25, 0.3) is 0 Å². The van der Waals surface area contributed by atoms with Crippen molar-refractivity contribution in [1.29, 1.82) is 0 Å².